The van der Waals surface area contributed by atoms with Crippen LogP contribution in [-0.4, -0.2) is 40.7 Å². The standard InChI is InChI=1S/C23H23N3O4S2/c1-3-30-19-10-5-4-9-17(19)24-20(27)14-32-23-25-18-11-12-31-21(18)22(28)26(23)15-7-6-8-16(13-15)29-2/h4-10,13H,3,11-12,14H2,1-2H3,(H,24,27). The predicted octanol–water partition coefficient (Wildman–Crippen LogP) is 4.02. The third-order valence-electron chi connectivity index (χ3n) is 4.77. The summed E-state index contributed by atoms with van der Waals surface area (Å²) in [4.78, 5) is 31.4. The van der Waals surface area contributed by atoms with E-state index in [4.69, 9.17) is 14.5 Å². The largest absolute Gasteiger partial charge is 0.497 e. The fourth-order valence-electron chi connectivity index (χ4n) is 3.33. The molecule has 2 heterocycles. The first-order chi connectivity index (χ1) is 15.6. The number of hydrogen-bond donors (Lipinski definition) is 1. The minimum Gasteiger partial charge on any atom is -0.497 e. The zero-order valence-electron chi connectivity index (χ0n) is 17.8. The van der Waals surface area contributed by atoms with Crippen molar-refractivity contribution < 1.29 is 14.3 Å². The third-order valence-corrected chi connectivity index (χ3v) is 6.82. The second-order valence-electron chi connectivity index (χ2n) is 6.88. The number of hydrogen-bond acceptors (Lipinski definition) is 7. The number of rotatable bonds is 8. The molecular formula is C23H23N3O4S2. The SMILES string of the molecule is CCOc1ccccc1NC(=O)CSc1nc2c(c(=O)n1-c1cccc(OC)c1)SCC2. The Morgan fingerprint density at radius 1 is 1.25 bits per heavy atom. The molecule has 0 spiro atoms. The van der Waals surface area contributed by atoms with Crippen LogP contribution in [0.5, 0.6) is 11.5 Å². The molecule has 1 aliphatic rings. The Bertz CT molecular complexity index is 1200. The van der Waals surface area contributed by atoms with Crippen LogP contribution in [0.25, 0.3) is 5.69 Å². The molecule has 0 unspecified atom stereocenters. The predicted molar refractivity (Wildman–Crippen MR) is 128 cm³/mol. The number of para-hydroxylation sites is 2. The minimum atomic E-state index is -0.205. The zero-order chi connectivity index (χ0) is 22.5. The summed E-state index contributed by atoms with van der Waals surface area (Å²) < 4.78 is 12.5. The summed E-state index contributed by atoms with van der Waals surface area (Å²) in [6, 6.07) is 14.6. The number of carbonyl (C=O) groups is 1. The fourth-order valence-corrected chi connectivity index (χ4v) is 5.19. The summed E-state index contributed by atoms with van der Waals surface area (Å²) in [7, 11) is 1.58. The first kappa shape index (κ1) is 22.3. The number of aromatic nitrogens is 2. The Balaban J connectivity index is 1.60. The van der Waals surface area contributed by atoms with Gasteiger partial charge < -0.3 is 14.8 Å². The van der Waals surface area contributed by atoms with Crippen molar-refractivity contribution in [1.82, 2.24) is 9.55 Å². The molecular weight excluding hydrogens is 446 g/mol. The molecule has 0 aliphatic carbocycles. The van der Waals surface area contributed by atoms with Crippen molar-refractivity contribution in [3.8, 4) is 17.2 Å². The van der Waals surface area contributed by atoms with Gasteiger partial charge in [-0.1, -0.05) is 30.0 Å². The van der Waals surface area contributed by atoms with E-state index in [1.54, 1.807) is 23.8 Å². The zero-order valence-corrected chi connectivity index (χ0v) is 19.4. The lowest BCUT2D eigenvalue weighted by molar-refractivity contribution is -0.113. The van der Waals surface area contributed by atoms with Gasteiger partial charge in [-0.05, 0) is 31.2 Å². The minimum absolute atomic E-state index is 0.1000. The smallest absolute Gasteiger partial charge is 0.272 e. The number of ether oxygens (including phenoxy) is 2. The van der Waals surface area contributed by atoms with Crippen LogP contribution in [0.3, 0.4) is 0 Å². The summed E-state index contributed by atoms with van der Waals surface area (Å²) in [6.07, 6.45) is 0.746. The van der Waals surface area contributed by atoms with E-state index in [0.717, 1.165) is 17.9 Å². The molecule has 0 radical (unpaired) electrons. The lowest BCUT2D eigenvalue weighted by atomic mass is 10.3. The molecule has 0 fully saturated rings. The number of nitrogens with one attached hydrogen (secondary N) is 1. The van der Waals surface area contributed by atoms with Crippen LogP contribution < -0.4 is 20.3 Å². The van der Waals surface area contributed by atoms with Gasteiger partial charge in [0.1, 0.15) is 11.5 Å². The van der Waals surface area contributed by atoms with E-state index in [-0.39, 0.29) is 17.2 Å². The number of nitrogens with zero attached hydrogens (tertiary/aromatic N) is 2. The number of benzene rings is 2. The van der Waals surface area contributed by atoms with Crippen LogP contribution in [0, 0.1) is 0 Å². The van der Waals surface area contributed by atoms with E-state index >= 15 is 0 Å². The summed E-state index contributed by atoms with van der Waals surface area (Å²) in [5.74, 6) is 1.99. The van der Waals surface area contributed by atoms with Gasteiger partial charge in [-0.25, -0.2) is 4.98 Å². The van der Waals surface area contributed by atoms with E-state index < -0.39 is 0 Å². The van der Waals surface area contributed by atoms with Crippen molar-refractivity contribution in [3.63, 3.8) is 0 Å². The van der Waals surface area contributed by atoms with E-state index in [2.05, 4.69) is 5.32 Å². The van der Waals surface area contributed by atoms with Gasteiger partial charge in [-0.15, -0.1) is 11.8 Å². The van der Waals surface area contributed by atoms with Gasteiger partial charge >= 0.3 is 0 Å². The number of carbonyl (C=O) groups excluding carboxylic acids is 1. The van der Waals surface area contributed by atoms with Crippen LogP contribution in [-0.2, 0) is 11.2 Å². The highest BCUT2D eigenvalue weighted by molar-refractivity contribution is 8.00. The molecule has 0 bridgehead atoms. The van der Waals surface area contributed by atoms with Crippen molar-refractivity contribution >= 4 is 35.1 Å². The maximum atomic E-state index is 13.3. The van der Waals surface area contributed by atoms with Gasteiger partial charge in [-0.2, -0.15) is 0 Å². The average Bonchev–Trinajstić information content (AvgIpc) is 3.28. The maximum Gasteiger partial charge on any atom is 0.272 e. The topological polar surface area (TPSA) is 82.5 Å². The molecule has 1 amide bonds. The first-order valence-corrected chi connectivity index (χ1v) is 12.2. The Morgan fingerprint density at radius 3 is 2.91 bits per heavy atom. The lowest BCUT2D eigenvalue weighted by Gasteiger charge is -2.15. The van der Waals surface area contributed by atoms with E-state index in [9.17, 15) is 9.59 Å². The fraction of sp³-hybridized carbons (Fsp3) is 0.261. The van der Waals surface area contributed by atoms with Crippen LogP contribution in [0.4, 0.5) is 5.69 Å². The number of fused-ring (bicyclic) bond motifs is 1. The Hall–Kier alpha value is -2.91. The third kappa shape index (κ3) is 4.78. The second kappa shape index (κ2) is 10.1. The molecule has 32 heavy (non-hydrogen) atoms. The molecule has 2 aromatic carbocycles. The number of methoxy groups -OCH3 is 1. The quantitative estimate of drug-likeness (QED) is 0.394. The van der Waals surface area contributed by atoms with Crippen molar-refractivity contribution in [3.05, 3.63) is 64.6 Å². The summed E-state index contributed by atoms with van der Waals surface area (Å²) >= 11 is 2.76. The molecule has 166 valence electrons. The normalized spacial score (nSPS) is 12.3. The first-order valence-electron chi connectivity index (χ1n) is 10.2. The summed E-state index contributed by atoms with van der Waals surface area (Å²) in [6.45, 7) is 2.40. The van der Waals surface area contributed by atoms with Crippen molar-refractivity contribution in [2.45, 2.75) is 23.4 Å². The number of amides is 1. The number of thioether (sulfide) groups is 2. The van der Waals surface area contributed by atoms with Gasteiger partial charge in [0.25, 0.3) is 5.56 Å². The molecule has 0 saturated heterocycles. The van der Waals surface area contributed by atoms with Gasteiger partial charge in [0, 0.05) is 18.2 Å². The Morgan fingerprint density at radius 2 is 2.09 bits per heavy atom. The van der Waals surface area contributed by atoms with Gasteiger partial charge in [0.2, 0.25) is 5.91 Å². The maximum absolute atomic E-state index is 13.3. The second-order valence-corrected chi connectivity index (χ2v) is 8.92. The monoisotopic (exact) mass is 469 g/mol. The molecule has 0 atom stereocenters. The van der Waals surface area contributed by atoms with Gasteiger partial charge in [0.15, 0.2) is 5.16 Å². The highest BCUT2D eigenvalue weighted by atomic mass is 32.2. The highest BCUT2D eigenvalue weighted by Gasteiger charge is 2.23. The lowest BCUT2D eigenvalue weighted by Crippen LogP contribution is -2.24. The molecule has 9 heteroatoms. The van der Waals surface area contributed by atoms with Crippen molar-refractivity contribution in [1.29, 1.82) is 0 Å². The number of aryl methyl sites for hydroxylation is 1. The van der Waals surface area contributed by atoms with Crippen LogP contribution in [0.15, 0.2) is 63.4 Å². The van der Waals surface area contributed by atoms with Crippen molar-refractivity contribution in [2.75, 3.05) is 30.5 Å². The van der Waals surface area contributed by atoms with Gasteiger partial charge in [0.05, 0.1) is 41.4 Å². The van der Waals surface area contributed by atoms with Gasteiger partial charge in [-0.3, -0.25) is 14.2 Å². The van der Waals surface area contributed by atoms with E-state index in [1.807, 2.05) is 43.3 Å². The van der Waals surface area contributed by atoms with E-state index in [1.165, 1.54) is 23.5 Å². The van der Waals surface area contributed by atoms with Crippen LogP contribution in [0.1, 0.15) is 12.6 Å². The molecule has 7 nitrogen and oxygen atoms in total. The molecule has 0 saturated carbocycles. The Labute approximate surface area is 194 Å². The Kier molecular flexibility index (Phi) is 7.06. The number of anilines is 1. The molecule has 1 N–H and O–H groups in total. The molecule has 3 aromatic rings. The summed E-state index contributed by atoms with van der Waals surface area (Å²) in [5, 5.41) is 3.37. The van der Waals surface area contributed by atoms with E-state index in [0.29, 0.717) is 39.5 Å². The van der Waals surface area contributed by atoms with Crippen LogP contribution in [0.2, 0.25) is 0 Å². The van der Waals surface area contributed by atoms with Crippen molar-refractivity contribution in [2.24, 2.45) is 0 Å². The molecule has 1 aliphatic heterocycles. The molecule has 4 rings (SSSR count). The molecule has 1 aromatic heterocycles. The summed E-state index contributed by atoms with van der Waals surface area (Å²) in [5.41, 5.74) is 1.95. The van der Waals surface area contributed by atoms with Crippen LogP contribution >= 0.6 is 23.5 Å². The average molecular weight is 470 g/mol. The highest BCUT2D eigenvalue weighted by Crippen LogP contribution is 2.31.